The molecule has 0 saturated carbocycles. The van der Waals surface area contributed by atoms with Crippen LogP contribution in [0.5, 0.6) is 0 Å². The summed E-state index contributed by atoms with van der Waals surface area (Å²) in [6, 6.07) is -6.64. The Morgan fingerprint density at radius 2 is 1.11 bits per heavy atom. The molecule has 0 aliphatic carbocycles. The number of carboxylic acids is 2. The molecular weight excluding hydrogens is 1170 g/mol. The van der Waals surface area contributed by atoms with Gasteiger partial charge in [-0.2, -0.15) is 11.8 Å². The van der Waals surface area contributed by atoms with Gasteiger partial charge in [-0.3, -0.25) is 71.9 Å². The summed E-state index contributed by atoms with van der Waals surface area (Å²) in [4.78, 5) is 198. The fourth-order valence-electron chi connectivity index (χ4n) is 9.15. The van der Waals surface area contributed by atoms with Crippen molar-refractivity contribution in [1.29, 1.82) is 0 Å². The lowest BCUT2D eigenvalue weighted by atomic mass is 9.98. The molecule has 15 N–H and O–H groups in total. The number of likely N-dealkylation sites (tertiary alicyclic amines) is 1. The van der Waals surface area contributed by atoms with E-state index in [1.54, 1.807) is 72.1 Å². The van der Waals surface area contributed by atoms with E-state index in [-0.39, 0.29) is 51.5 Å². The molecule has 1 aromatic carbocycles. The SMILES string of the molecule is CCC[C@H](NC(=O)[C@@H]1CCCN1C(=O)[C@@H](NC(=O)C(NC(=O)[C@H](CCC(=O)O)NC(=O)[C@H](CCC(=O)O)NC(C)=O)C(C)C)C(C)C)C(=O)C(=O)NCC(=O)N[C@H](CCSC)C(=O)N[C@@H](CO)C(=O)N[C@@H](Cc1ccc(C)cc1)C(=O)N[C@@H](CC)C(N)=O. The minimum absolute atomic E-state index is 0.00734. The summed E-state index contributed by atoms with van der Waals surface area (Å²) in [5.74, 6) is -15.5. The van der Waals surface area contributed by atoms with Crippen molar-refractivity contribution in [2.24, 2.45) is 17.6 Å². The van der Waals surface area contributed by atoms with Gasteiger partial charge in [-0.25, -0.2) is 0 Å². The molecule has 0 radical (unpaired) electrons. The number of carbonyl (C=O) groups is 15. The Bertz CT molecular complexity index is 2660. The summed E-state index contributed by atoms with van der Waals surface area (Å²) in [7, 11) is 0. The van der Waals surface area contributed by atoms with Crippen LogP contribution in [0.3, 0.4) is 0 Å². The van der Waals surface area contributed by atoms with E-state index in [0.717, 1.165) is 12.5 Å². The lowest BCUT2D eigenvalue weighted by Gasteiger charge is -2.33. The Morgan fingerprint density at radius 1 is 0.614 bits per heavy atom. The quantitative estimate of drug-likeness (QED) is 0.0294. The lowest BCUT2D eigenvalue weighted by Crippen LogP contribution is -2.61. The zero-order valence-electron chi connectivity index (χ0n) is 51.2. The predicted octanol–water partition coefficient (Wildman–Crippen LogP) is -2.92. The number of carboxylic acid groups (broad SMARTS) is 2. The Morgan fingerprint density at radius 3 is 1.62 bits per heavy atom. The summed E-state index contributed by atoms with van der Waals surface area (Å²) in [5.41, 5.74) is 6.99. The van der Waals surface area contributed by atoms with Gasteiger partial charge in [-0.05, 0) is 81.3 Å². The van der Waals surface area contributed by atoms with Crippen LogP contribution >= 0.6 is 11.8 Å². The van der Waals surface area contributed by atoms with Crippen LogP contribution in [0.15, 0.2) is 24.3 Å². The smallest absolute Gasteiger partial charge is 0.303 e. The van der Waals surface area contributed by atoms with E-state index in [0.29, 0.717) is 17.7 Å². The number of hydrogen-bond acceptors (Lipinski definition) is 17. The lowest BCUT2D eigenvalue weighted by molar-refractivity contribution is -0.144. The number of nitrogens with one attached hydrogen (secondary N) is 10. The first-order valence-electron chi connectivity index (χ1n) is 29.1. The Labute approximate surface area is 515 Å². The molecule has 0 bridgehead atoms. The number of aliphatic carboxylic acids is 2. The minimum atomic E-state index is -1.64. The fourth-order valence-corrected chi connectivity index (χ4v) is 9.63. The number of aryl methyl sites for hydroxylation is 1. The monoisotopic (exact) mass is 1260 g/mol. The van der Waals surface area contributed by atoms with Gasteiger partial charge in [0.15, 0.2) is 0 Å². The Balaban J connectivity index is 2.20. The first-order valence-corrected chi connectivity index (χ1v) is 30.5. The normalized spacial score (nSPS) is 15.9. The highest BCUT2D eigenvalue weighted by atomic mass is 32.2. The van der Waals surface area contributed by atoms with Crippen LogP contribution in [0.4, 0.5) is 0 Å². The van der Waals surface area contributed by atoms with Crippen LogP contribution in [0.25, 0.3) is 0 Å². The molecule has 0 aromatic heterocycles. The molecule has 1 aliphatic heterocycles. The van der Waals surface area contributed by atoms with E-state index in [9.17, 15) is 82.1 Å². The largest absolute Gasteiger partial charge is 0.481 e. The number of rotatable bonds is 39. The van der Waals surface area contributed by atoms with Gasteiger partial charge in [0.1, 0.15) is 54.4 Å². The predicted molar refractivity (Wildman–Crippen MR) is 319 cm³/mol. The van der Waals surface area contributed by atoms with E-state index >= 15 is 0 Å². The molecule has 1 aromatic rings. The van der Waals surface area contributed by atoms with Crippen LogP contribution in [0, 0.1) is 18.8 Å². The maximum Gasteiger partial charge on any atom is 0.303 e. The van der Waals surface area contributed by atoms with Crippen molar-refractivity contribution < 1.29 is 87.2 Å². The third-order valence-corrected chi connectivity index (χ3v) is 14.8. The van der Waals surface area contributed by atoms with Crippen molar-refractivity contribution in [1.82, 2.24) is 58.1 Å². The highest BCUT2D eigenvalue weighted by Crippen LogP contribution is 2.22. The number of aliphatic hydroxyl groups is 1. The number of nitrogens with two attached hydrogens (primary N) is 1. The molecule has 1 fully saturated rings. The third kappa shape index (κ3) is 25.6. The van der Waals surface area contributed by atoms with Gasteiger partial charge in [0, 0.05) is 32.7 Å². The molecule has 2 rings (SSSR count). The van der Waals surface area contributed by atoms with E-state index in [1.165, 1.54) is 16.7 Å². The number of carbonyl (C=O) groups excluding carboxylic acids is 13. The first kappa shape index (κ1) is 75.9. The van der Waals surface area contributed by atoms with Gasteiger partial charge >= 0.3 is 11.9 Å². The Kier molecular flexibility index (Phi) is 32.9. The molecule has 10 atom stereocenters. The maximum atomic E-state index is 14.3. The molecule has 1 unspecified atom stereocenters. The number of primary amides is 1. The molecule has 30 nitrogen and oxygen atoms in total. The maximum absolute atomic E-state index is 14.3. The number of ketones is 1. The van der Waals surface area contributed by atoms with Gasteiger partial charge in [0.25, 0.3) is 5.91 Å². The van der Waals surface area contributed by atoms with Crippen LogP contribution in [-0.4, -0.2) is 201 Å². The van der Waals surface area contributed by atoms with Gasteiger partial charge in [-0.15, -0.1) is 0 Å². The number of nitrogens with zero attached hydrogens (tertiary/aromatic N) is 1. The summed E-state index contributed by atoms with van der Waals surface area (Å²) in [6.07, 6.45) is 0.460. The van der Waals surface area contributed by atoms with Gasteiger partial charge in [0.05, 0.1) is 19.2 Å². The van der Waals surface area contributed by atoms with Gasteiger partial charge < -0.3 is 79.1 Å². The number of thioether (sulfide) groups is 1. The molecule has 1 aliphatic rings. The first-order chi connectivity index (χ1) is 41.4. The summed E-state index contributed by atoms with van der Waals surface area (Å²) in [5, 5.41) is 53.2. The zero-order chi connectivity index (χ0) is 66.5. The zero-order valence-corrected chi connectivity index (χ0v) is 52.1. The molecule has 12 amide bonds. The summed E-state index contributed by atoms with van der Waals surface area (Å²) >= 11 is 1.31. The van der Waals surface area contributed by atoms with E-state index in [4.69, 9.17) is 10.8 Å². The topological polar surface area (TPSA) is 466 Å². The van der Waals surface area contributed by atoms with Gasteiger partial charge in [0.2, 0.25) is 70.8 Å². The fraction of sp³-hybridized carbons (Fsp3) is 0.632. The van der Waals surface area contributed by atoms with Crippen molar-refractivity contribution in [2.75, 3.05) is 31.7 Å². The Hall–Kier alpha value is -8.22. The van der Waals surface area contributed by atoms with Crippen molar-refractivity contribution in [3.8, 4) is 0 Å². The number of hydrogen-bond donors (Lipinski definition) is 14. The second-order valence-electron chi connectivity index (χ2n) is 22.0. The van der Waals surface area contributed by atoms with Crippen LogP contribution in [-0.2, 0) is 78.3 Å². The standard InChI is InChI=1S/C57H88N12O18S/c1-10-13-35(47(77)56(86)59-27-42(72)61-38(23-25-88-9)50(80)66-40(28-70)53(83)65-39(26-33-17-15-31(7)16-18-33)52(82)62-34(11-2)48(58)78)63-54(84)41-14-12-24-69(41)57(87)46(30(5)6)68-55(85)45(29(3)4)67-51(81)37(20-22-44(75)76)64-49(79)36(60-32(8)71)19-21-43(73)74/h15-18,29-30,34-41,45-46,70H,10-14,19-28H2,1-9H3,(H2,58,78)(H,59,86)(H,60,71)(H,61,72)(H,62,82)(H,63,84)(H,64,79)(H,65,83)(H,66,80)(H,67,81)(H,68,85)(H,73,74)(H,75,76)/t34-,35-,36-,37-,38+,39-,40-,41-,45?,46-/m0/s1. The van der Waals surface area contributed by atoms with Crippen molar-refractivity contribution in [3.05, 3.63) is 35.4 Å². The average molecular weight is 1260 g/mol. The number of aliphatic hydroxyl groups excluding tert-OH is 1. The van der Waals surface area contributed by atoms with Crippen molar-refractivity contribution >= 4 is 100 Å². The average Bonchev–Trinajstić information content (AvgIpc) is 3.98. The van der Waals surface area contributed by atoms with E-state index in [2.05, 4.69) is 53.2 Å². The molecule has 1 heterocycles. The summed E-state index contributed by atoms with van der Waals surface area (Å²) in [6.45, 7) is 10.8. The number of Topliss-reactive ketones (excluding diaryl/α,β-unsaturated/α-hetero) is 1. The molecule has 0 spiro atoms. The molecule has 88 heavy (non-hydrogen) atoms. The van der Waals surface area contributed by atoms with Gasteiger partial charge in [-0.1, -0.05) is 77.8 Å². The molecular formula is C57H88N12O18S. The number of amides is 12. The van der Waals surface area contributed by atoms with Crippen molar-refractivity contribution in [2.45, 2.75) is 186 Å². The van der Waals surface area contributed by atoms with Crippen LogP contribution < -0.4 is 58.9 Å². The molecule has 490 valence electrons. The highest BCUT2D eigenvalue weighted by molar-refractivity contribution is 7.98. The highest BCUT2D eigenvalue weighted by Gasteiger charge is 2.42. The third-order valence-electron chi connectivity index (χ3n) is 14.1. The summed E-state index contributed by atoms with van der Waals surface area (Å²) < 4.78 is 0. The number of benzene rings is 1. The van der Waals surface area contributed by atoms with E-state index < -0.39 is 193 Å². The van der Waals surface area contributed by atoms with Crippen LogP contribution in [0.2, 0.25) is 0 Å². The second-order valence-corrected chi connectivity index (χ2v) is 23.0. The second kappa shape index (κ2) is 38.1. The van der Waals surface area contributed by atoms with Crippen LogP contribution in [0.1, 0.15) is 124 Å². The van der Waals surface area contributed by atoms with E-state index in [1.807, 2.05) is 6.92 Å². The molecule has 1 saturated heterocycles. The molecule has 31 heteroatoms. The van der Waals surface area contributed by atoms with Crippen molar-refractivity contribution in [3.63, 3.8) is 0 Å². The minimum Gasteiger partial charge on any atom is -0.481 e.